The molecule has 10 heavy (non-hydrogen) atoms. The van der Waals surface area contributed by atoms with E-state index in [-0.39, 0.29) is 37.3 Å². The standard InChI is InChI=1S/3Al.Er.6O/q;;;+3;;;;3*-1. The fourth-order valence-electron chi connectivity index (χ4n) is 0. The van der Waals surface area contributed by atoms with E-state index in [0.717, 1.165) is 0 Å². The molecule has 0 heterocycles. The second-order valence-electron chi connectivity index (χ2n) is 0.289. The van der Waals surface area contributed by atoms with Gasteiger partial charge in [-0.15, -0.1) is 0 Å². The first-order valence-electron chi connectivity index (χ1n) is 1.41. The molecule has 0 atom stereocenters. The SMILES string of the molecule is [Er+3].[O]=[Al][O-].[O]=[Al][O-].[O]=[Al][O-]. The zero-order valence-electron chi connectivity index (χ0n) is 4.47. The predicted octanol–water partition coefficient (Wildman–Crippen LogP) is -5.07. The van der Waals surface area contributed by atoms with Crippen molar-refractivity contribution in [3.8, 4) is 0 Å². The summed E-state index contributed by atoms with van der Waals surface area (Å²) in [5.74, 6) is 0. The van der Waals surface area contributed by atoms with Crippen molar-refractivity contribution in [2.24, 2.45) is 0 Å². The molecule has 0 aliphatic heterocycles. The van der Waals surface area contributed by atoms with Gasteiger partial charge in [-0.2, -0.15) is 0 Å². The van der Waals surface area contributed by atoms with Gasteiger partial charge in [0.05, 0.1) is 0 Å². The predicted molar refractivity (Wildman–Crippen MR) is 19.3 cm³/mol. The first-order chi connectivity index (χ1) is 4.24. The van der Waals surface area contributed by atoms with Crippen LogP contribution in [0.3, 0.4) is 0 Å². The van der Waals surface area contributed by atoms with Crippen LogP contribution in [0.1, 0.15) is 0 Å². The fraction of sp³-hybridized carbons (Fsp3) is 0. The topological polar surface area (TPSA) is 120 Å². The molecule has 0 aliphatic carbocycles. The summed E-state index contributed by atoms with van der Waals surface area (Å²) in [6.07, 6.45) is 0. The average molecular weight is 344 g/mol. The van der Waals surface area contributed by atoms with Gasteiger partial charge in [0.25, 0.3) is 0 Å². The molecule has 0 bridgehead atoms. The summed E-state index contributed by atoms with van der Waals surface area (Å²) in [4.78, 5) is 0. The van der Waals surface area contributed by atoms with Crippen LogP contribution in [0.25, 0.3) is 0 Å². The molecule has 1 radical (unpaired) electrons. The van der Waals surface area contributed by atoms with Gasteiger partial charge in [-0.3, -0.25) is 0 Å². The van der Waals surface area contributed by atoms with Crippen molar-refractivity contribution >= 4 is 46.5 Å². The average Bonchev–Trinajstić information content (AvgIpc) is 1.70. The van der Waals surface area contributed by atoms with E-state index in [1.807, 2.05) is 0 Å². The normalized spacial score (nSPS) is 2.40. The second-order valence-corrected chi connectivity index (χ2v) is 0.866. The van der Waals surface area contributed by atoms with E-state index >= 15 is 0 Å². The van der Waals surface area contributed by atoms with Crippen molar-refractivity contribution < 1.29 is 61.2 Å². The van der Waals surface area contributed by atoms with Gasteiger partial charge in [-0.05, 0) is 0 Å². The van der Waals surface area contributed by atoms with Gasteiger partial charge in [-0.25, -0.2) is 0 Å². The Kier molecular flexibility index (Phi) is 104. The van der Waals surface area contributed by atoms with Crippen molar-refractivity contribution in [2.75, 3.05) is 0 Å². The molecule has 0 aromatic heterocycles. The Morgan fingerprint density at radius 1 is 0.700 bits per heavy atom. The molecule has 0 unspecified atom stereocenters. The molecular weight excluding hydrogens is 344 g/mol. The van der Waals surface area contributed by atoms with Gasteiger partial charge in [0.2, 0.25) is 0 Å². The molecule has 0 aliphatic rings. The molecule has 0 saturated carbocycles. The molecule has 0 aromatic rings. The van der Waals surface area contributed by atoms with E-state index in [9.17, 15) is 0 Å². The summed E-state index contributed by atoms with van der Waals surface area (Å²) in [5.41, 5.74) is 0. The molecule has 57 valence electrons. The summed E-state index contributed by atoms with van der Waals surface area (Å²) < 4.78 is 50.8. The first-order valence-corrected chi connectivity index (χ1v) is 4.24. The summed E-state index contributed by atoms with van der Waals surface area (Å²) in [5, 5.41) is 0. The van der Waals surface area contributed by atoms with Crippen molar-refractivity contribution in [1.82, 2.24) is 0 Å². The second kappa shape index (κ2) is 45.9. The Hall–Kier alpha value is 1.64. The van der Waals surface area contributed by atoms with Crippen molar-refractivity contribution in [2.45, 2.75) is 0 Å². The van der Waals surface area contributed by atoms with E-state index < -0.39 is 46.5 Å². The quantitative estimate of drug-likeness (QED) is 0.406. The van der Waals surface area contributed by atoms with E-state index in [4.69, 9.17) is 23.9 Å². The van der Waals surface area contributed by atoms with E-state index in [0.29, 0.717) is 0 Å². The van der Waals surface area contributed by atoms with Crippen LogP contribution in [0, 0.1) is 37.3 Å². The van der Waals surface area contributed by atoms with E-state index in [1.54, 1.807) is 0 Å². The first kappa shape index (κ1) is 22.6. The van der Waals surface area contributed by atoms with Crippen molar-refractivity contribution in [3.63, 3.8) is 0 Å². The zero-order valence-corrected chi connectivity index (χ0v) is 9.79. The van der Waals surface area contributed by atoms with Crippen LogP contribution in [0.4, 0.5) is 0 Å². The Labute approximate surface area is 106 Å². The van der Waals surface area contributed by atoms with Gasteiger partial charge < -0.3 is 0 Å². The number of hydrogen-bond acceptors (Lipinski definition) is 6. The Morgan fingerprint density at radius 3 is 0.700 bits per heavy atom. The molecule has 0 fully saturated rings. The summed E-state index contributed by atoms with van der Waals surface area (Å²) in [6.45, 7) is 0. The Balaban J connectivity index is -0.0000000257. The van der Waals surface area contributed by atoms with Crippen LogP contribution in [0.5, 0.6) is 0 Å². The Bertz CT molecular complexity index is 49.7. The third-order valence-corrected chi connectivity index (χ3v) is 0. The van der Waals surface area contributed by atoms with Gasteiger partial charge in [0.15, 0.2) is 0 Å². The van der Waals surface area contributed by atoms with Crippen LogP contribution in [-0.2, 0) is 11.4 Å². The van der Waals surface area contributed by atoms with Gasteiger partial charge in [0, 0.05) is 0 Å². The van der Waals surface area contributed by atoms with Gasteiger partial charge in [-0.1, -0.05) is 0 Å². The monoisotopic (exact) mass is 343 g/mol. The third kappa shape index (κ3) is 267. The molecule has 0 rings (SSSR count). The maximum atomic E-state index is 8.46. The Morgan fingerprint density at radius 2 is 0.700 bits per heavy atom. The molecule has 0 saturated heterocycles. The molecular formula is Al3ErO6. The van der Waals surface area contributed by atoms with E-state index in [2.05, 4.69) is 0 Å². The van der Waals surface area contributed by atoms with Gasteiger partial charge >= 0.3 is 108 Å². The summed E-state index contributed by atoms with van der Waals surface area (Å²) in [6, 6.07) is 0. The molecule has 0 aromatic carbocycles. The van der Waals surface area contributed by atoms with Crippen molar-refractivity contribution in [1.29, 1.82) is 0 Å². The number of hydrogen-bond donors (Lipinski definition) is 0. The van der Waals surface area contributed by atoms with E-state index in [1.165, 1.54) is 0 Å². The third-order valence-electron chi connectivity index (χ3n) is 0. The van der Waals surface area contributed by atoms with Crippen LogP contribution < -0.4 is 12.5 Å². The molecule has 0 amide bonds. The molecule has 0 N–H and O–H groups in total. The molecule has 10 heteroatoms. The zero-order chi connectivity index (χ0) is 8.12. The van der Waals surface area contributed by atoms with Crippen LogP contribution in [-0.4, -0.2) is 46.5 Å². The summed E-state index contributed by atoms with van der Waals surface area (Å²) >= 11 is -5.25. The molecule has 0 spiro atoms. The number of rotatable bonds is 0. The van der Waals surface area contributed by atoms with Crippen LogP contribution >= 0.6 is 0 Å². The fourth-order valence-corrected chi connectivity index (χ4v) is 0. The minimum absolute atomic E-state index is 0. The summed E-state index contributed by atoms with van der Waals surface area (Å²) in [7, 11) is 0. The maximum absolute atomic E-state index is 8.46. The van der Waals surface area contributed by atoms with Crippen molar-refractivity contribution in [3.05, 3.63) is 0 Å². The van der Waals surface area contributed by atoms with Gasteiger partial charge in [0.1, 0.15) is 0 Å². The minimum atomic E-state index is -1.75. The van der Waals surface area contributed by atoms with Crippen LogP contribution in [0.15, 0.2) is 0 Å². The molecule has 6 nitrogen and oxygen atoms in total. The van der Waals surface area contributed by atoms with Crippen LogP contribution in [0.2, 0.25) is 0 Å².